The molecule has 104 valence electrons. The Morgan fingerprint density at radius 2 is 1.90 bits per heavy atom. The van der Waals surface area contributed by atoms with E-state index in [9.17, 15) is 4.79 Å². The minimum Gasteiger partial charge on any atom is -0.326 e. The minimum atomic E-state index is -0.0638. The summed E-state index contributed by atoms with van der Waals surface area (Å²) >= 11 is 8.04. The van der Waals surface area contributed by atoms with Crippen LogP contribution in [0.3, 0.4) is 0 Å². The second kappa shape index (κ2) is 7.06. The summed E-state index contributed by atoms with van der Waals surface area (Å²) in [5.74, 6) is -0.0638. The third kappa shape index (κ3) is 3.94. The molecule has 0 aliphatic rings. The van der Waals surface area contributed by atoms with Crippen LogP contribution in [0.5, 0.6) is 0 Å². The molecule has 0 aromatic heterocycles. The normalized spacial score (nSPS) is 10.3. The summed E-state index contributed by atoms with van der Waals surface area (Å²) in [4.78, 5) is 12.1. The van der Waals surface area contributed by atoms with Crippen LogP contribution in [-0.2, 0) is 17.8 Å². The Morgan fingerprint density at radius 3 is 2.55 bits per heavy atom. The number of halogens is 2. The summed E-state index contributed by atoms with van der Waals surface area (Å²) in [6.45, 7) is 0.432. The summed E-state index contributed by atoms with van der Waals surface area (Å²) < 4.78 is 0.913. The fraction of sp³-hybridized carbons (Fsp3) is 0.133. The maximum atomic E-state index is 12.1. The quantitative estimate of drug-likeness (QED) is 0.771. The van der Waals surface area contributed by atoms with Gasteiger partial charge in [-0.2, -0.15) is 0 Å². The highest BCUT2D eigenvalue weighted by Gasteiger charge is 2.09. The van der Waals surface area contributed by atoms with Gasteiger partial charge in [0.1, 0.15) is 0 Å². The summed E-state index contributed by atoms with van der Waals surface area (Å²) in [5.41, 5.74) is 8.39. The number of anilines is 1. The van der Waals surface area contributed by atoms with Crippen molar-refractivity contribution in [2.45, 2.75) is 13.0 Å². The van der Waals surface area contributed by atoms with Crippen LogP contribution in [0, 0.1) is 3.57 Å². The monoisotopic (exact) mass is 400 g/mol. The predicted molar refractivity (Wildman–Crippen MR) is 90.8 cm³/mol. The van der Waals surface area contributed by atoms with Gasteiger partial charge in [-0.05, 0) is 51.9 Å². The number of nitrogens with one attached hydrogen (secondary N) is 1. The van der Waals surface area contributed by atoms with Crippen LogP contribution in [-0.4, -0.2) is 5.91 Å². The largest absolute Gasteiger partial charge is 0.326 e. The second-order valence-corrected chi connectivity index (χ2v) is 5.92. The molecule has 0 atom stereocenters. The summed E-state index contributed by atoms with van der Waals surface area (Å²) in [6, 6.07) is 13.1. The van der Waals surface area contributed by atoms with Gasteiger partial charge in [-0.1, -0.05) is 35.9 Å². The van der Waals surface area contributed by atoms with Gasteiger partial charge in [-0.15, -0.1) is 0 Å². The molecule has 0 unspecified atom stereocenters. The molecule has 1 amide bonds. The first-order valence-corrected chi connectivity index (χ1v) is 7.57. The molecule has 2 aromatic carbocycles. The lowest BCUT2D eigenvalue weighted by atomic mass is 10.0. The first-order valence-electron chi connectivity index (χ1n) is 6.12. The zero-order valence-electron chi connectivity index (χ0n) is 10.7. The Bertz CT molecular complexity index is 631. The smallest absolute Gasteiger partial charge is 0.228 e. The third-order valence-corrected chi connectivity index (χ3v) is 4.02. The number of carbonyl (C=O) groups excluding carboxylic acids is 1. The van der Waals surface area contributed by atoms with E-state index >= 15 is 0 Å². The van der Waals surface area contributed by atoms with Crippen LogP contribution in [0.15, 0.2) is 42.5 Å². The standard InChI is InChI=1S/C15H14ClIN2O/c16-12-5-6-14(13(17)8-12)19-15(20)7-10-3-1-2-4-11(10)9-18/h1-6,8H,7,9,18H2,(H,19,20). The molecule has 0 aliphatic carbocycles. The molecule has 2 aromatic rings. The molecule has 20 heavy (non-hydrogen) atoms. The molecule has 5 heteroatoms. The van der Waals surface area contributed by atoms with Gasteiger partial charge in [-0.25, -0.2) is 0 Å². The highest BCUT2D eigenvalue weighted by Crippen LogP contribution is 2.22. The van der Waals surface area contributed by atoms with E-state index in [1.807, 2.05) is 30.3 Å². The first kappa shape index (κ1) is 15.3. The van der Waals surface area contributed by atoms with Crippen molar-refractivity contribution in [3.05, 3.63) is 62.2 Å². The summed E-state index contributed by atoms with van der Waals surface area (Å²) in [6.07, 6.45) is 0.312. The van der Waals surface area contributed by atoms with Crippen molar-refractivity contribution in [2.75, 3.05) is 5.32 Å². The van der Waals surface area contributed by atoms with E-state index in [2.05, 4.69) is 27.9 Å². The van der Waals surface area contributed by atoms with Gasteiger partial charge >= 0.3 is 0 Å². The molecule has 0 saturated heterocycles. The molecule has 0 spiro atoms. The second-order valence-electron chi connectivity index (χ2n) is 4.32. The van der Waals surface area contributed by atoms with Crippen molar-refractivity contribution in [1.82, 2.24) is 0 Å². The lowest BCUT2D eigenvalue weighted by Crippen LogP contribution is -2.16. The molecule has 0 fully saturated rings. The maximum Gasteiger partial charge on any atom is 0.228 e. The van der Waals surface area contributed by atoms with Gasteiger partial charge in [0.2, 0.25) is 5.91 Å². The van der Waals surface area contributed by atoms with Gasteiger partial charge < -0.3 is 11.1 Å². The predicted octanol–water partition coefficient (Wildman–Crippen LogP) is 3.58. The van der Waals surface area contributed by atoms with Gasteiger partial charge in [0.05, 0.1) is 12.1 Å². The third-order valence-electron chi connectivity index (χ3n) is 2.89. The molecular weight excluding hydrogens is 387 g/mol. The van der Waals surface area contributed by atoms with Crippen LogP contribution >= 0.6 is 34.2 Å². The van der Waals surface area contributed by atoms with Crippen molar-refractivity contribution in [2.24, 2.45) is 5.73 Å². The van der Waals surface area contributed by atoms with Crippen LogP contribution in [0.4, 0.5) is 5.69 Å². The molecule has 0 heterocycles. The number of hydrogen-bond acceptors (Lipinski definition) is 2. The number of nitrogens with two attached hydrogens (primary N) is 1. The number of benzene rings is 2. The van der Waals surface area contributed by atoms with E-state index in [4.69, 9.17) is 17.3 Å². The van der Waals surface area contributed by atoms with Crippen molar-refractivity contribution in [3.8, 4) is 0 Å². The van der Waals surface area contributed by atoms with Crippen LogP contribution in [0.25, 0.3) is 0 Å². The Balaban J connectivity index is 2.09. The topological polar surface area (TPSA) is 55.1 Å². The van der Waals surface area contributed by atoms with Gasteiger partial charge in [0.25, 0.3) is 0 Å². The molecule has 0 radical (unpaired) electrons. The van der Waals surface area contributed by atoms with Gasteiger partial charge in [0, 0.05) is 15.1 Å². The van der Waals surface area contributed by atoms with Crippen LogP contribution in [0.1, 0.15) is 11.1 Å². The average Bonchev–Trinajstić information content (AvgIpc) is 2.42. The molecular formula is C15H14ClIN2O. The zero-order valence-corrected chi connectivity index (χ0v) is 13.6. The van der Waals surface area contributed by atoms with Gasteiger partial charge in [0.15, 0.2) is 0 Å². The Labute approximate surface area is 136 Å². The van der Waals surface area contributed by atoms with E-state index in [1.54, 1.807) is 12.1 Å². The molecule has 0 saturated carbocycles. The van der Waals surface area contributed by atoms with E-state index in [-0.39, 0.29) is 5.91 Å². The lowest BCUT2D eigenvalue weighted by molar-refractivity contribution is -0.115. The van der Waals surface area contributed by atoms with Crippen LogP contribution < -0.4 is 11.1 Å². The SMILES string of the molecule is NCc1ccccc1CC(=O)Nc1ccc(Cl)cc1I. The molecule has 3 nitrogen and oxygen atoms in total. The van der Waals surface area contributed by atoms with Crippen molar-refractivity contribution >= 4 is 45.8 Å². The molecule has 0 aliphatic heterocycles. The average molecular weight is 401 g/mol. The van der Waals surface area contributed by atoms with Crippen molar-refractivity contribution in [1.29, 1.82) is 0 Å². The summed E-state index contributed by atoms with van der Waals surface area (Å²) in [5, 5.41) is 3.54. The highest BCUT2D eigenvalue weighted by atomic mass is 127. The maximum absolute atomic E-state index is 12.1. The fourth-order valence-electron chi connectivity index (χ4n) is 1.89. The number of hydrogen-bond donors (Lipinski definition) is 2. The lowest BCUT2D eigenvalue weighted by Gasteiger charge is -2.10. The Kier molecular flexibility index (Phi) is 5.39. The van der Waals surface area contributed by atoms with E-state index in [0.29, 0.717) is 18.0 Å². The van der Waals surface area contributed by atoms with E-state index < -0.39 is 0 Å². The number of carbonyl (C=O) groups is 1. The highest BCUT2D eigenvalue weighted by molar-refractivity contribution is 14.1. The minimum absolute atomic E-state index is 0.0638. The molecule has 0 bridgehead atoms. The zero-order chi connectivity index (χ0) is 14.5. The Morgan fingerprint density at radius 1 is 1.20 bits per heavy atom. The molecule has 2 rings (SSSR count). The first-order chi connectivity index (χ1) is 9.60. The summed E-state index contributed by atoms with van der Waals surface area (Å²) in [7, 11) is 0. The van der Waals surface area contributed by atoms with Crippen molar-refractivity contribution in [3.63, 3.8) is 0 Å². The number of rotatable bonds is 4. The van der Waals surface area contributed by atoms with Gasteiger partial charge in [-0.3, -0.25) is 4.79 Å². The number of amides is 1. The van der Waals surface area contributed by atoms with Crippen molar-refractivity contribution < 1.29 is 4.79 Å². The Hall–Kier alpha value is -1.11. The molecule has 3 N–H and O–H groups in total. The fourth-order valence-corrected chi connectivity index (χ4v) is 2.89. The van der Waals surface area contributed by atoms with E-state index in [0.717, 1.165) is 20.4 Å². The van der Waals surface area contributed by atoms with Crippen LogP contribution in [0.2, 0.25) is 5.02 Å². The van der Waals surface area contributed by atoms with E-state index in [1.165, 1.54) is 0 Å².